The van der Waals surface area contributed by atoms with Crippen LogP contribution in [0, 0.1) is 0 Å². The van der Waals surface area contributed by atoms with Crippen LogP contribution in [0.3, 0.4) is 0 Å². The highest BCUT2D eigenvalue weighted by Crippen LogP contribution is 2.34. The van der Waals surface area contributed by atoms with Gasteiger partial charge in [0, 0.05) is 29.6 Å². The van der Waals surface area contributed by atoms with E-state index in [-0.39, 0.29) is 6.03 Å². The Labute approximate surface area is 155 Å². The van der Waals surface area contributed by atoms with E-state index in [0.717, 1.165) is 16.7 Å². The minimum Gasteiger partial charge on any atom is -0.271 e. The monoisotopic (exact) mass is 364 g/mol. The van der Waals surface area contributed by atoms with Crippen molar-refractivity contribution in [3.8, 4) is 0 Å². The number of nitrogens with one attached hydrogen (secondary N) is 1. The summed E-state index contributed by atoms with van der Waals surface area (Å²) in [5.41, 5.74) is 3.30. The average Bonchev–Trinajstić information content (AvgIpc) is 3.07. The zero-order valence-electron chi connectivity index (χ0n) is 13.9. The first-order valence-corrected chi connectivity index (χ1v) is 8.37. The molecular weight excluding hydrogens is 350 g/mol. The molecule has 2 aliphatic rings. The minimum atomic E-state index is -0.396. The Balaban J connectivity index is 1.76. The first-order valence-electron chi connectivity index (χ1n) is 7.99. The molecule has 0 aliphatic carbocycles. The van der Waals surface area contributed by atoms with Crippen LogP contribution in [0.1, 0.15) is 12.5 Å². The van der Waals surface area contributed by atoms with Crippen molar-refractivity contribution in [2.24, 2.45) is 10.1 Å². The van der Waals surface area contributed by atoms with Crippen molar-refractivity contribution >= 4 is 41.1 Å². The number of carbonyl (C=O) groups excluding carboxylic acids is 1. The summed E-state index contributed by atoms with van der Waals surface area (Å²) >= 11 is 6.17. The average molecular weight is 365 g/mol. The number of hydrogen-bond donors (Lipinski definition) is 1. The standard InChI is InChI=1S/C19H14ClN5O/c1-13-9-18-22-12-23-25(18,11-15(13)14-5-4-8-21-10-14)19(26)24-17-7-3-2-6-16(17)20/h2-12H,1H3/p+1. The van der Waals surface area contributed by atoms with Gasteiger partial charge in [-0.3, -0.25) is 10.3 Å². The molecule has 128 valence electrons. The van der Waals surface area contributed by atoms with Gasteiger partial charge in [0.15, 0.2) is 6.34 Å². The van der Waals surface area contributed by atoms with Crippen molar-refractivity contribution in [1.82, 2.24) is 4.98 Å². The molecule has 2 amide bonds. The number of rotatable bonds is 2. The van der Waals surface area contributed by atoms with Gasteiger partial charge in [-0.1, -0.05) is 29.8 Å². The predicted molar refractivity (Wildman–Crippen MR) is 103 cm³/mol. The zero-order chi connectivity index (χ0) is 18.1. The fraction of sp³-hybridized carbons (Fsp3) is 0.0526. The molecule has 3 heterocycles. The number of amidine groups is 1. The highest BCUT2D eigenvalue weighted by Gasteiger charge is 2.47. The number of carbonyl (C=O) groups is 1. The van der Waals surface area contributed by atoms with Crippen LogP contribution in [-0.2, 0) is 0 Å². The topological polar surface area (TPSA) is 66.7 Å². The maximum atomic E-state index is 13.1. The number of halogens is 1. The van der Waals surface area contributed by atoms with Crippen LogP contribution in [0.25, 0.3) is 5.57 Å². The van der Waals surface area contributed by atoms with E-state index in [2.05, 4.69) is 20.4 Å². The number of aromatic nitrogens is 1. The second-order valence-electron chi connectivity index (χ2n) is 5.93. The molecule has 1 atom stereocenters. The molecule has 0 radical (unpaired) electrons. The fourth-order valence-electron chi connectivity index (χ4n) is 2.91. The van der Waals surface area contributed by atoms with Crippen LogP contribution >= 0.6 is 11.6 Å². The molecule has 1 aromatic heterocycles. The fourth-order valence-corrected chi connectivity index (χ4v) is 3.09. The number of amides is 2. The summed E-state index contributed by atoms with van der Waals surface area (Å²) in [5.74, 6) is 0.527. The van der Waals surface area contributed by atoms with E-state index in [4.69, 9.17) is 11.6 Å². The first kappa shape index (κ1) is 16.4. The van der Waals surface area contributed by atoms with Crippen molar-refractivity contribution in [3.05, 3.63) is 77.2 Å². The molecule has 0 saturated carbocycles. The van der Waals surface area contributed by atoms with E-state index < -0.39 is 4.59 Å². The third-order valence-electron chi connectivity index (χ3n) is 4.26. The molecule has 1 aromatic carbocycles. The van der Waals surface area contributed by atoms with Gasteiger partial charge in [0.2, 0.25) is 0 Å². The maximum Gasteiger partial charge on any atom is 0.459 e. The third kappa shape index (κ3) is 2.65. The molecule has 0 saturated heterocycles. The van der Waals surface area contributed by atoms with Gasteiger partial charge in [0.25, 0.3) is 5.84 Å². The minimum absolute atomic E-state index is 0.365. The number of para-hydroxylation sites is 1. The Morgan fingerprint density at radius 3 is 2.81 bits per heavy atom. The van der Waals surface area contributed by atoms with Crippen molar-refractivity contribution in [1.29, 1.82) is 0 Å². The van der Waals surface area contributed by atoms with Gasteiger partial charge in [-0.2, -0.15) is 4.99 Å². The van der Waals surface area contributed by atoms with Crippen LogP contribution < -0.4 is 5.32 Å². The number of nitrogens with zero attached hydrogens (tertiary/aromatic N) is 4. The zero-order valence-corrected chi connectivity index (χ0v) is 14.7. The van der Waals surface area contributed by atoms with E-state index in [1.807, 2.05) is 25.1 Å². The lowest BCUT2D eigenvalue weighted by Crippen LogP contribution is -2.50. The smallest absolute Gasteiger partial charge is 0.271 e. The number of benzene rings is 1. The number of hydrogen-bond acceptors (Lipinski definition) is 4. The maximum absolute atomic E-state index is 13.1. The van der Waals surface area contributed by atoms with Gasteiger partial charge in [-0.05, 0) is 40.4 Å². The highest BCUT2D eigenvalue weighted by molar-refractivity contribution is 6.33. The first-order chi connectivity index (χ1) is 12.6. The Hall–Kier alpha value is -3.09. The summed E-state index contributed by atoms with van der Waals surface area (Å²) < 4.78 is -0.396. The van der Waals surface area contributed by atoms with Gasteiger partial charge in [0.05, 0.1) is 10.7 Å². The van der Waals surface area contributed by atoms with Gasteiger partial charge >= 0.3 is 6.03 Å². The lowest BCUT2D eigenvalue weighted by molar-refractivity contribution is -0.700. The molecule has 2 aromatic rings. The summed E-state index contributed by atoms with van der Waals surface area (Å²) in [6.45, 7) is 1.97. The third-order valence-corrected chi connectivity index (χ3v) is 4.59. The van der Waals surface area contributed by atoms with Crippen LogP contribution in [0.2, 0.25) is 5.02 Å². The van der Waals surface area contributed by atoms with E-state index in [1.165, 1.54) is 6.34 Å². The number of aliphatic imine (C=N–C) groups is 1. The number of anilines is 1. The van der Waals surface area contributed by atoms with E-state index in [0.29, 0.717) is 16.5 Å². The Bertz CT molecular complexity index is 1010. The van der Waals surface area contributed by atoms with Crippen molar-refractivity contribution in [2.45, 2.75) is 6.92 Å². The second kappa shape index (κ2) is 6.33. The normalized spacial score (nSPS) is 20.8. The van der Waals surface area contributed by atoms with Crippen LogP contribution in [-0.4, -0.2) is 27.8 Å². The number of allylic oxidation sites excluding steroid dienone is 2. The molecule has 0 bridgehead atoms. The molecule has 0 fully saturated rings. The van der Waals surface area contributed by atoms with Crippen LogP contribution in [0.5, 0.6) is 0 Å². The Morgan fingerprint density at radius 2 is 2.04 bits per heavy atom. The van der Waals surface area contributed by atoms with E-state index >= 15 is 0 Å². The molecule has 6 nitrogen and oxygen atoms in total. The molecule has 4 rings (SSSR count). The molecule has 7 heteroatoms. The lowest BCUT2D eigenvalue weighted by Gasteiger charge is -2.26. The lowest BCUT2D eigenvalue weighted by atomic mass is 9.98. The Kier molecular flexibility index (Phi) is 3.99. The van der Waals surface area contributed by atoms with Crippen molar-refractivity contribution in [2.75, 3.05) is 5.32 Å². The summed E-state index contributed by atoms with van der Waals surface area (Å²) in [7, 11) is 0. The molecule has 1 unspecified atom stereocenters. The molecule has 0 spiro atoms. The summed E-state index contributed by atoms with van der Waals surface area (Å²) in [6.07, 6.45) is 8.51. The summed E-state index contributed by atoms with van der Waals surface area (Å²) in [4.78, 5) is 21.6. The van der Waals surface area contributed by atoms with Crippen molar-refractivity contribution in [3.63, 3.8) is 0 Å². The van der Waals surface area contributed by atoms with Gasteiger partial charge in [0.1, 0.15) is 6.20 Å². The number of pyridine rings is 1. The molecule has 2 aliphatic heterocycles. The quantitative estimate of drug-likeness (QED) is 0.800. The summed E-state index contributed by atoms with van der Waals surface area (Å²) in [5, 5.41) is 7.64. The summed E-state index contributed by atoms with van der Waals surface area (Å²) in [6, 6.07) is 10.5. The van der Waals surface area contributed by atoms with Gasteiger partial charge in [-0.25, -0.2) is 4.79 Å². The van der Waals surface area contributed by atoms with Crippen LogP contribution in [0.4, 0.5) is 10.5 Å². The number of quaternary nitrogens is 1. The Morgan fingerprint density at radius 1 is 1.19 bits per heavy atom. The van der Waals surface area contributed by atoms with Crippen molar-refractivity contribution < 1.29 is 9.39 Å². The predicted octanol–water partition coefficient (Wildman–Crippen LogP) is 4.44. The van der Waals surface area contributed by atoms with Gasteiger partial charge in [-0.15, -0.1) is 0 Å². The SMILES string of the molecule is CC1=CC2=NC=N[N+]2(C(=O)Nc2ccccc2Cl)C=C1c1cccnc1. The van der Waals surface area contributed by atoms with Gasteiger partial charge < -0.3 is 0 Å². The van der Waals surface area contributed by atoms with E-state index in [9.17, 15) is 4.79 Å². The van der Waals surface area contributed by atoms with E-state index in [1.54, 1.807) is 42.9 Å². The van der Waals surface area contributed by atoms with Crippen LogP contribution in [0.15, 0.2) is 76.7 Å². The largest absolute Gasteiger partial charge is 0.459 e. The second-order valence-corrected chi connectivity index (χ2v) is 6.33. The molecular formula is C19H15ClN5O+. The number of urea groups is 1. The molecule has 1 N–H and O–H groups in total. The highest BCUT2D eigenvalue weighted by atomic mass is 35.5. The molecule has 26 heavy (non-hydrogen) atoms. The number of fused-ring (bicyclic) bond motifs is 1.